The van der Waals surface area contributed by atoms with Crippen LogP contribution < -0.4 is 5.46 Å². The van der Waals surface area contributed by atoms with Crippen molar-refractivity contribution in [2.24, 2.45) is 0 Å². The summed E-state index contributed by atoms with van der Waals surface area (Å²) < 4.78 is 5.10. The van der Waals surface area contributed by atoms with Crippen LogP contribution in [0, 0.1) is 0 Å². The Balaban J connectivity index is 2.23. The Labute approximate surface area is 87.5 Å². The highest BCUT2D eigenvalue weighted by Gasteiger charge is 2.35. The van der Waals surface area contributed by atoms with E-state index in [0.717, 1.165) is 0 Å². The predicted octanol–water partition coefficient (Wildman–Crippen LogP) is -1.63. The van der Waals surface area contributed by atoms with Gasteiger partial charge in [0.05, 0.1) is 12.3 Å². The van der Waals surface area contributed by atoms with E-state index in [9.17, 15) is 5.11 Å². The van der Waals surface area contributed by atoms with E-state index in [4.69, 9.17) is 14.8 Å². The number of pyridine rings is 1. The predicted molar refractivity (Wildman–Crippen MR) is 53.4 cm³/mol. The lowest BCUT2D eigenvalue weighted by molar-refractivity contribution is 0.0194. The van der Waals surface area contributed by atoms with Crippen molar-refractivity contribution in [3.63, 3.8) is 0 Å². The van der Waals surface area contributed by atoms with Crippen LogP contribution in [0.5, 0.6) is 0 Å². The van der Waals surface area contributed by atoms with Crippen molar-refractivity contribution in [2.45, 2.75) is 12.0 Å². The van der Waals surface area contributed by atoms with Gasteiger partial charge in [0.25, 0.3) is 0 Å². The molecular weight excluding hydrogens is 197 g/mol. The van der Waals surface area contributed by atoms with Gasteiger partial charge in [-0.3, -0.25) is 4.98 Å². The lowest BCUT2D eigenvalue weighted by atomic mass is 9.81. The van der Waals surface area contributed by atoms with Crippen molar-refractivity contribution in [2.75, 3.05) is 13.2 Å². The van der Waals surface area contributed by atoms with Gasteiger partial charge in [0.2, 0.25) is 0 Å². The molecular formula is C9H12BNO4. The molecule has 0 bridgehead atoms. The zero-order valence-corrected chi connectivity index (χ0v) is 8.13. The van der Waals surface area contributed by atoms with E-state index in [2.05, 4.69) is 4.98 Å². The van der Waals surface area contributed by atoms with Gasteiger partial charge in [0.1, 0.15) is 5.60 Å². The van der Waals surface area contributed by atoms with E-state index in [-0.39, 0.29) is 6.61 Å². The fourth-order valence-corrected chi connectivity index (χ4v) is 1.59. The molecule has 15 heavy (non-hydrogen) atoms. The molecule has 0 aromatic carbocycles. The summed E-state index contributed by atoms with van der Waals surface area (Å²) in [5, 5.41) is 27.8. The summed E-state index contributed by atoms with van der Waals surface area (Å²) in [7, 11) is -1.53. The summed E-state index contributed by atoms with van der Waals surface area (Å²) in [6.07, 6.45) is 1.86. The molecule has 1 saturated heterocycles. The number of aliphatic hydroxyl groups is 1. The molecule has 80 valence electrons. The van der Waals surface area contributed by atoms with Gasteiger partial charge in [0.15, 0.2) is 0 Å². The first-order valence-electron chi connectivity index (χ1n) is 4.74. The zero-order valence-electron chi connectivity index (χ0n) is 8.13. The second-order valence-electron chi connectivity index (χ2n) is 3.68. The van der Waals surface area contributed by atoms with Gasteiger partial charge in [-0.1, -0.05) is 6.07 Å². The number of nitrogens with zero attached hydrogens (tertiary/aromatic N) is 1. The molecule has 2 heterocycles. The lowest BCUT2D eigenvalue weighted by Crippen LogP contribution is -2.32. The van der Waals surface area contributed by atoms with Crippen LogP contribution in [0.1, 0.15) is 12.1 Å². The quantitative estimate of drug-likeness (QED) is 0.509. The average molecular weight is 209 g/mol. The number of aromatic nitrogens is 1. The number of hydrogen-bond acceptors (Lipinski definition) is 5. The molecule has 1 aromatic heterocycles. The van der Waals surface area contributed by atoms with E-state index < -0.39 is 12.7 Å². The van der Waals surface area contributed by atoms with E-state index in [1.807, 2.05) is 0 Å². The van der Waals surface area contributed by atoms with Crippen LogP contribution in [0.3, 0.4) is 0 Å². The molecule has 1 aromatic rings. The second-order valence-corrected chi connectivity index (χ2v) is 3.68. The molecule has 1 aliphatic heterocycles. The van der Waals surface area contributed by atoms with Gasteiger partial charge in [-0.15, -0.1) is 0 Å². The zero-order chi connectivity index (χ0) is 10.9. The minimum Gasteiger partial charge on any atom is -0.423 e. The molecule has 1 aliphatic rings. The van der Waals surface area contributed by atoms with E-state index in [0.29, 0.717) is 24.2 Å². The van der Waals surface area contributed by atoms with Crippen LogP contribution in [-0.4, -0.2) is 40.5 Å². The average Bonchev–Trinajstić information content (AvgIpc) is 2.67. The van der Waals surface area contributed by atoms with Gasteiger partial charge in [-0.2, -0.15) is 0 Å². The first kappa shape index (κ1) is 10.6. The largest absolute Gasteiger partial charge is 0.490 e. The third-order valence-electron chi connectivity index (χ3n) is 2.56. The Morgan fingerprint density at radius 2 is 2.20 bits per heavy atom. The number of hydrogen-bond donors (Lipinski definition) is 3. The smallest absolute Gasteiger partial charge is 0.423 e. The topological polar surface area (TPSA) is 82.8 Å². The maximum absolute atomic E-state index is 10.1. The normalized spacial score (nSPS) is 25.5. The SMILES string of the molecule is OB(O)c1ccc(C2(O)CCOC2)nc1. The van der Waals surface area contributed by atoms with Gasteiger partial charge in [0, 0.05) is 24.7 Å². The summed E-state index contributed by atoms with van der Waals surface area (Å²) in [6, 6.07) is 3.12. The maximum atomic E-state index is 10.1. The first-order valence-corrected chi connectivity index (χ1v) is 4.74. The molecule has 1 unspecified atom stereocenters. The fourth-order valence-electron chi connectivity index (χ4n) is 1.59. The Hall–Kier alpha value is -0.945. The van der Waals surface area contributed by atoms with Gasteiger partial charge in [-0.25, -0.2) is 0 Å². The van der Waals surface area contributed by atoms with Gasteiger partial charge < -0.3 is 19.9 Å². The first-order chi connectivity index (χ1) is 7.12. The standard InChI is InChI=1S/C9H12BNO4/c12-9(3-4-15-6-9)8-2-1-7(5-11-8)10(13)14/h1-2,5,12-14H,3-4,6H2. The molecule has 1 atom stereocenters. The van der Waals surface area contributed by atoms with Crippen molar-refractivity contribution in [3.8, 4) is 0 Å². The molecule has 2 rings (SSSR count). The Morgan fingerprint density at radius 3 is 2.67 bits per heavy atom. The summed E-state index contributed by atoms with van der Waals surface area (Å²) in [4.78, 5) is 4.00. The molecule has 0 amide bonds. The van der Waals surface area contributed by atoms with Crippen LogP contribution in [0.4, 0.5) is 0 Å². The fraction of sp³-hybridized carbons (Fsp3) is 0.444. The maximum Gasteiger partial charge on any atom is 0.490 e. The van der Waals surface area contributed by atoms with Crippen LogP contribution in [0.2, 0.25) is 0 Å². The van der Waals surface area contributed by atoms with Gasteiger partial charge >= 0.3 is 7.12 Å². The third-order valence-corrected chi connectivity index (χ3v) is 2.56. The van der Waals surface area contributed by atoms with E-state index in [1.165, 1.54) is 12.3 Å². The number of ether oxygens (including phenoxy) is 1. The summed E-state index contributed by atoms with van der Waals surface area (Å²) >= 11 is 0. The van der Waals surface area contributed by atoms with Crippen LogP contribution in [0.25, 0.3) is 0 Å². The third kappa shape index (κ3) is 2.03. The summed E-state index contributed by atoms with van der Waals surface area (Å²) in [5.74, 6) is 0. The van der Waals surface area contributed by atoms with Crippen molar-refractivity contribution < 1.29 is 19.9 Å². The minimum atomic E-state index is -1.53. The Kier molecular flexibility index (Phi) is 2.75. The molecule has 5 nitrogen and oxygen atoms in total. The number of rotatable bonds is 2. The molecule has 0 radical (unpaired) electrons. The van der Waals surface area contributed by atoms with Gasteiger partial charge in [-0.05, 0) is 6.07 Å². The molecule has 0 saturated carbocycles. The van der Waals surface area contributed by atoms with E-state index >= 15 is 0 Å². The lowest BCUT2D eigenvalue weighted by Gasteiger charge is -2.19. The molecule has 0 spiro atoms. The van der Waals surface area contributed by atoms with Crippen molar-refractivity contribution >= 4 is 12.6 Å². The summed E-state index contributed by atoms with van der Waals surface area (Å²) in [6.45, 7) is 0.754. The Morgan fingerprint density at radius 1 is 1.40 bits per heavy atom. The highest BCUT2D eigenvalue weighted by Crippen LogP contribution is 2.27. The molecule has 6 heteroatoms. The minimum absolute atomic E-state index is 0.237. The van der Waals surface area contributed by atoms with Crippen LogP contribution >= 0.6 is 0 Å². The highest BCUT2D eigenvalue weighted by molar-refractivity contribution is 6.58. The Bertz CT molecular complexity index is 334. The summed E-state index contributed by atoms with van der Waals surface area (Å²) in [5.41, 5.74) is -0.218. The van der Waals surface area contributed by atoms with Crippen molar-refractivity contribution in [1.29, 1.82) is 0 Å². The van der Waals surface area contributed by atoms with Crippen molar-refractivity contribution in [1.82, 2.24) is 4.98 Å². The van der Waals surface area contributed by atoms with Crippen LogP contribution in [0.15, 0.2) is 18.3 Å². The van der Waals surface area contributed by atoms with E-state index in [1.54, 1.807) is 6.07 Å². The monoisotopic (exact) mass is 209 g/mol. The molecule has 1 fully saturated rings. The molecule has 3 N–H and O–H groups in total. The van der Waals surface area contributed by atoms with Crippen LogP contribution in [-0.2, 0) is 10.3 Å². The highest BCUT2D eigenvalue weighted by atomic mass is 16.5. The van der Waals surface area contributed by atoms with Crippen molar-refractivity contribution in [3.05, 3.63) is 24.0 Å². The molecule has 0 aliphatic carbocycles. The second kappa shape index (κ2) is 3.90.